The quantitative estimate of drug-likeness (QED) is 0.741. The van der Waals surface area contributed by atoms with Gasteiger partial charge >= 0.3 is 5.97 Å². The highest BCUT2D eigenvalue weighted by molar-refractivity contribution is 7.90. The van der Waals surface area contributed by atoms with E-state index in [4.69, 9.17) is 4.74 Å². The second-order valence-electron chi connectivity index (χ2n) is 4.44. The van der Waals surface area contributed by atoms with Crippen LogP contribution in [0.25, 0.3) is 0 Å². The van der Waals surface area contributed by atoms with Crippen molar-refractivity contribution in [3.8, 4) is 5.88 Å². The van der Waals surface area contributed by atoms with Gasteiger partial charge in [0.1, 0.15) is 4.90 Å². The van der Waals surface area contributed by atoms with E-state index in [-0.39, 0.29) is 16.3 Å². The Morgan fingerprint density at radius 3 is 2.55 bits per heavy atom. The van der Waals surface area contributed by atoms with E-state index >= 15 is 0 Å². The molecule has 118 valence electrons. The minimum atomic E-state index is -3.76. The van der Waals surface area contributed by atoms with Crippen LogP contribution in [-0.4, -0.2) is 43.4 Å². The van der Waals surface area contributed by atoms with Gasteiger partial charge in [-0.15, -0.1) is 0 Å². The van der Waals surface area contributed by atoms with Crippen molar-refractivity contribution in [2.24, 2.45) is 7.05 Å². The van der Waals surface area contributed by atoms with E-state index in [1.54, 1.807) is 12.1 Å². The summed E-state index contributed by atoms with van der Waals surface area (Å²) in [7, 11) is 0.359. The van der Waals surface area contributed by atoms with Crippen molar-refractivity contribution in [3.05, 3.63) is 35.8 Å². The van der Waals surface area contributed by atoms with Crippen molar-refractivity contribution in [2.75, 3.05) is 14.2 Å². The molecule has 2 aromatic heterocycles. The molecular formula is C13H15N3O5S. The van der Waals surface area contributed by atoms with E-state index in [0.29, 0.717) is 11.4 Å². The minimum absolute atomic E-state index is 0.107. The fraction of sp³-hybridized carbons (Fsp3) is 0.308. The Morgan fingerprint density at radius 1 is 1.27 bits per heavy atom. The molecule has 0 aliphatic carbocycles. The SMILES string of the molecule is COC(=O)c1c(S(=O)(=O)Cc2ccc(OC)nc2)cnn1C. The summed E-state index contributed by atoms with van der Waals surface area (Å²) in [6, 6.07) is 3.16. The Hall–Kier alpha value is -2.42. The van der Waals surface area contributed by atoms with Crippen LogP contribution < -0.4 is 4.74 Å². The van der Waals surface area contributed by atoms with Gasteiger partial charge in [-0.3, -0.25) is 4.68 Å². The molecule has 8 nitrogen and oxygen atoms in total. The third kappa shape index (κ3) is 3.08. The highest BCUT2D eigenvalue weighted by Crippen LogP contribution is 2.21. The van der Waals surface area contributed by atoms with E-state index in [0.717, 1.165) is 6.20 Å². The summed E-state index contributed by atoms with van der Waals surface area (Å²) in [5.74, 6) is -0.677. The van der Waals surface area contributed by atoms with Gasteiger partial charge in [-0.25, -0.2) is 18.2 Å². The Morgan fingerprint density at radius 2 is 2.00 bits per heavy atom. The smallest absolute Gasteiger partial charge is 0.357 e. The van der Waals surface area contributed by atoms with Gasteiger partial charge in [0.05, 0.1) is 26.2 Å². The first-order valence-corrected chi connectivity index (χ1v) is 7.86. The third-order valence-electron chi connectivity index (χ3n) is 2.98. The predicted molar refractivity (Wildman–Crippen MR) is 76.2 cm³/mol. The van der Waals surface area contributed by atoms with Crippen molar-refractivity contribution in [3.63, 3.8) is 0 Å². The fourth-order valence-corrected chi connectivity index (χ4v) is 3.37. The summed E-state index contributed by atoms with van der Waals surface area (Å²) in [4.78, 5) is 15.5. The lowest BCUT2D eigenvalue weighted by Gasteiger charge is -2.06. The number of hydrogen-bond donors (Lipinski definition) is 0. The largest absolute Gasteiger partial charge is 0.481 e. The topological polar surface area (TPSA) is 100 Å². The van der Waals surface area contributed by atoms with Crippen LogP contribution in [0.1, 0.15) is 16.1 Å². The number of pyridine rings is 1. The first-order valence-electron chi connectivity index (χ1n) is 6.21. The predicted octanol–water partition coefficient (Wildman–Crippen LogP) is 0.584. The number of carbonyl (C=O) groups is 1. The van der Waals surface area contributed by atoms with Crippen LogP contribution in [0.3, 0.4) is 0 Å². The first kappa shape index (κ1) is 16.0. The van der Waals surface area contributed by atoms with E-state index in [9.17, 15) is 13.2 Å². The zero-order valence-corrected chi connectivity index (χ0v) is 13.1. The maximum Gasteiger partial charge on any atom is 0.357 e. The van der Waals surface area contributed by atoms with Gasteiger partial charge in [-0.1, -0.05) is 6.07 Å². The number of hydrogen-bond acceptors (Lipinski definition) is 7. The molecule has 0 fully saturated rings. The van der Waals surface area contributed by atoms with Crippen LogP contribution in [0.4, 0.5) is 0 Å². The maximum atomic E-state index is 12.5. The molecule has 0 spiro atoms. The number of aromatic nitrogens is 3. The Kier molecular flexibility index (Phi) is 4.45. The molecule has 0 aliphatic heterocycles. The average Bonchev–Trinajstić information content (AvgIpc) is 2.89. The average molecular weight is 325 g/mol. The van der Waals surface area contributed by atoms with E-state index < -0.39 is 15.8 Å². The molecule has 22 heavy (non-hydrogen) atoms. The first-order chi connectivity index (χ1) is 10.4. The van der Waals surface area contributed by atoms with Gasteiger partial charge in [0.2, 0.25) is 5.88 Å². The number of nitrogens with zero attached hydrogens (tertiary/aromatic N) is 3. The van der Waals surface area contributed by atoms with Gasteiger partial charge < -0.3 is 9.47 Å². The second kappa shape index (κ2) is 6.14. The van der Waals surface area contributed by atoms with Crippen molar-refractivity contribution in [1.82, 2.24) is 14.8 Å². The van der Waals surface area contributed by atoms with Crippen molar-refractivity contribution >= 4 is 15.8 Å². The van der Waals surface area contributed by atoms with Gasteiger partial charge in [-0.05, 0) is 5.56 Å². The lowest BCUT2D eigenvalue weighted by Crippen LogP contribution is -2.14. The fourth-order valence-electron chi connectivity index (χ4n) is 1.89. The molecule has 9 heteroatoms. The molecule has 0 saturated carbocycles. The summed E-state index contributed by atoms with van der Waals surface area (Å²) in [6.45, 7) is 0. The second-order valence-corrected chi connectivity index (χ2v) is 6.40. The molecule has 2 aromatic rings. The molecule has 2 rings (SSSR count). The summed E-state index contributed by atoms with van der Waals surface area (Å²) in [5.41, 5.74) is 0.365. The molecule has 0 bridgehead atoms. The molecule has 0 amide bonds. The minimum Gasteiger partial charge on any atom is -0.481 e. The van der Waals surface area contributed by atoms with E-state index in [1.807, 2.05) is 0 Å². The van der Waals surface area contributed by atoms with Crippen LogP contribution in [0.2, 0.25) is 0 Å². The molecule has 0 atom stereocenters. The Labute approximate surface area is 127 Å². The van der Waals surface area contributed by atoms with Crippen molar-refractivity contribution < 1.29 is 22.7 Å². The number of aryl methyl sites for hydroxylation is 1. The zero-order valence-electron chi connectivity index (χ0n) is 12.3. The number of ether oxygens (including phenoxy) is 2. The Bertz CT molecular complexity index is 781. The molecule has 2 heterocycles. The highest BCUT2D eigenvalue weighted by atomic mass is 32.2. The number of rotatable bonds is 5. The normalized spacial score (nSPS) is 11.2. The van der Waals surface area contributed by atoms with E-state index in [2.05, 4.69) is 14.8 Å². The summed E-state index contributed by atoms with van der Waals surface area (Å²) in [5, 5.41) is 3.82. The van der Waals surface area contributed by atoms with Crippen LogP contribution in [0, 0.1) is 0 Å². The lowest BCUT2D eigenvalue weighted by atomic mass is 10.3. The van der Waals surface area contributed by atoms with E-state index in [1.165, 1.54) is 32.1 Å². The highest BCUT2D eigenvalue weighted by Gasteiger charge is 2.27. The Balaban J connectivity index is 2.36. The standard InChI is InChI=1S/C13H15N3O5S/c1-16-12(13(17)21-3)10(7-15-16)22(18,19)8-9-4-5-11(20-2)14-6-9/h4-7H,8H2,1-3H3. The molecule has 0 unspecified atom stereocenters. The number of carbonyl (C=O) groups excluding carboxylic acids is 1. The molecule has 0 saturated heterocycles. The zero-order chi connectivity index (χ0) is 16.3. The van der Waals surface area contributed by atoms with Gasteiger partial charge in [-0.2, -0.15) is 5.10 Å². The molecule has 0 aromatic carbocycles. The molecule has 0 N–H and O–H groups in total. The van der Waals surface area contributed by atoms with Crippen molar-refractivity contribution in [1.29, 1.82) is 0 Å². The van der Waals surface area contributed by atoms with Crippen LogP contribution in [0.15, 0.2) is 29.4 Å². The maximum absolute atomic E-state index is 12.5. The summed E-state index contributed by atoms with van der Waals surface area (Å²) < 4.78 is 35.7. The van der Waals surface area contributed by atoms with Crippen molar-refractivity contribution in [2.45, 2.75) is 10.6 Å². The number of sulfone groups is 1. The molecule has 0 radical (unpaired) electrons. The lowest BCUT2D eigenvalue weighted by molar-refractivity contribution is 0.0583. The summed E-state index contributed by atoms with van der Waals surface area (Å²) in [6.07, 6.45) is 2.54. The van der Waals surface area contributed by atoms with Gasteiger partial charge in [0.15, 0.2) is 15.5 Å². The van der Waals surface area contributed by atoms with Crippen LogP contribution in [-0.2, 0) is 27.4 Å². The third-order valence-corrected chi connectivity index (χ3v) is 4.66. The van der Waals surface area contributed by atoms with Gasteiger partial charge in [0, 0.05) is 19.3 Å². The molecule has 0 aliphatic rings. The van der Waals surface area contributed by atoms with Gasteiger partial charge in [0.25, 0.3) is 0 Å². The van der Waals surface area contributed by atoms with Crippen LogP contribution >= 0.6 is 0 Å². The summed E-state index contributed by atoms with van der Waals surface area (Å²) >= 11 is 0. The van der Waals surface area contributed by atoms with Crippen LogP contribution in [0.5, 0.6) is 5.88 Å². The molecular weight excluding hydrogens is 310 g/mol. The number of methoxy groups -OCH3 is 2. The number of esters is 1. The monoisotopic (exact) mass is 325 g/mol.